The van der Waals surface area contributed by atoms with Crippen molar-refractivity contribution in [3.63, 3.8) is 0 Å². The topological polar surface area (TPSA) is 46.4 Å². The van der Waals surface area contributed by atoms with Gasteiger partial charge in [0.15, 0.2) is 0 Å². The molecule has 4 aromatic rings. The van der Waals surface area contributed by atoms with Gasteiger partial charge in [0, 0.05) is 6.54 Å². The minimum absolute atomic E-state index is 0.171. The molecule has 1 aliphatic heterocycles. The summed E-state index contributed by atoms with van der Waals surface area (Å²) >= 11 is 0. The summed E-state index contributed by atoms with van der Waals surface area (Å²) in [5.74, 6) is 0. The van der Waals surface area contributed by atoms with Crippen LogP contribution in [0.4, 0.5) is 0 Å². The number of benzene rings is 4. The largest absolute Gasteiger partial charge is 0.298 e. The lowest BCUT2D eigenvalue weighted by atomic mass is 9.77. The second kappa shape index (κ2) is 8.60. The first-order valence-corrected chi connectivity index (χ1v) is 12.4. The lowest BCUT2D eigenvalue weighted by molar-refractivity contribution is 0.188. The van der Waals surface area contributed by atoms with E-state index in [1.807, 2.05) is 61.5 Å². The quantitative estimate of drug-likeness (QED) is 0.215. The van der Waals surface area contributed by atoms with Gasteiger partial charge in [-0.2, -0.15) is 8.42 Å². The van der Waals surface area contributed by atoms with Crippen molar-refractivity contribution in [2.45, 2.75) is 23.6 Å². The Hall–Kier alpha value is -3.25. The van der Waals surface area contributed by atoms with E-state index in [-0.39, 0.29) is 4.90 Å². The van der Waals surface area contributed by atoms with Crippen LogP contribution in [0.2, 0.25) is 0 Å². The van der Waals surface area contributed by atoms with E-state index in [1.54, 1.807) is 24.3 Å². The molecule has 1 aliphatic rings. The van der Waals surface area contributed by atoms with E-state index in [2.05, 4.69) is 41.3 Å². The lowest BCUT2D eigenvalue weighted by Gasteiger charge is -2.38. The Morgan fingerprint density at radius 2 is 1.12 bits per heavy atom. The van der Waals surface area contributed by atoms with Gasteiger partial charge in [0.2, 0.25) is 0 Å². The van der Waals surface area contributed by atoms with Gasteiger partial charge in [-0.15, -0.1) is 0 Å². The predicted octanol–water partition coefficient (Wildman–Crippen LogP) is 5.33. The summed E-state index contributed by atoms with van der Waals surface area (Å²) in [7, 11) is -3.90. The molecule has 5 rings (SSSR count). The van der Waals surface area contributed by atoms with Gasteiger partial charge < -0.3 is 0 Å². The summed E-state index contributed by atoms with van der Waals surface area (Å²) < 4.78 is 31.8. The number of nitrogens with zero attached hydrogens (tertiary/aromatic N) is 1. The first-order valence-electron chi connectivity index (χ1n) is 10.9. The van der Waals surface area contributed by atoms with Gasteiger partial charge in [-0.25, -0.2) is 4.18 Å². The fourth-order valence-corrected chi connectivity index (χ4v) is 5.54. The third-order valence-electron chi connectivity index (χ3n) is 6.12. The summed E-state index contributed by atoms with van der Waals surface area (Å²) in [6, 6.07) is 37.3. The SMILES string of the molecule is Cc1ccc(S(=O)(=O)OC2CN2C(c2ccccc2)(c2ccccc2)c2ccccc2)cc1. The zero-order chi connectivity index (χ0) is 22.9. The van der Waals surface area contributed by atoms with E-state index in [0.717, 1.165) is 22.3 Å². The van der Waals surface area contributed by atoms with Crippen LogP contribution in [-0.4, -0.2) is 26.1 Å². The zero-order valence-electron chi connectivity index (χ0n) is 18.3. The minimum Gasteiger partial charge on any atom is -0.254 e. The van der Waals surface area contributed by atoms with Crippen molar-refractivity contribution in [3.8, 4) is 0 Å². The third kappa shape index (κ3) is 4.00. The highest BCUT2D eigenvalue weighted by Crippen LogP contribution is 2.48. The molecule has 2 atom stereocenters. The molecular formula is C28H25NO3S. The normalized spacial score (nSPS) is 18.1. The molecule has 5 heteroatoms. The fourth-order valence-electron chi connectivity index (χ4n) is 4.50. The Balaban J connectivity index is 1.60. The average Bonchev–Trinajstić information content (AvgIpc) is 3.60. The Labute approximate surface area is 195 Å². The van der Waals surface area contributed by atoms with Crippen molar-refractivity contribution in [2.75, 3.05) is 6.54 Å². The maximum Gasteiger partial charge on any atom is 0.298 e. The smallest absolute Gasteiger partial charge is 0.254 e. The highest BCUT2D eigenvalue weighted by Gasteiger charge is 2.55. The minimum atomic E-state index is -3.90. The van der Waals surface area contributed by atoms with Crippen LogP contribution in [0.1, 0.15) is 22.3 Å². The highest BCUT2D eigenvalue weighted by molar-refractivity contribution is 7.86. The van der Waals surface area contributed by atoms with Crippen LogP contribution in [-0.2, 0) is 19.8 Å². The van der Waals surface area contributed by atoms with Gasteiger partial charge >= 0.3 is 0 Å². The molecule has 0 spiro atoms. The molecule has 0 aliphatic carbocycles. The number of aryl methyl sites for hydroxylation is 1. The molecule has 2 unspecified atom stereocenters. The monoisotopic (exact) mass is 455 g/mol. The van der Waals surface area contributed by atoms with Crippen LogP contribution in [0, 0.1) is 6.92 Å². The van der Waals surface area contributed by atoms with E-state index < -0.39 is 21.9 Å². The molecule has 4 nitrogen and oxygen atoms in total. The molecule has 4 aromatic carbocycles. The lowest BCUT2D eigenvalue weighted by Crippen LogP contribution is -2.39. The molecule has 1 fully saturated rings. The molecule has 1 heterocycles. The molecule has 0 N–H and O–H groups in total. The van der Waals surface area contributed by atoms with Crippen molar-refractivity contribution < 1.29 is 12.6 Å². The standard InChI is InChI=1S/C28H25NO3S/c1-22-17-19-26(20-18-22)33(30,31)32-27-21-29(27)28(23-11-5-2-6-12-23,24-13-7-3-8-14-24)25-15-9-4-10-16-25/h2-20,27H,21H2,1H3. The molecular weight excluding hydrogens is 430 g/mol. The van der Waals surface area contributed by atoms with Gasteiger partial charge in [-0.1, -0.05) is 109 Å². The second-order valence-corrected chi connectivity index (χ2v) is 9.85. The summed E-state index contributed by atoms with van der Waals surface area (Å²) in [4.78, 5) is 2.28. The molecule has 0 bridgehead atoms. The predicted molar refractivity (Wildman–Crippen MR) is 129 cm³/mol. The maximum atomic E-state index is 13.0. The highest BCUT2D eigenvalue weighted by atomic mass is 32.2. The van der Waals surface area contributed by atoms with E-state index in [9.17, 15) is 8.42 Å². The summed E-state index contributed by atoms with van der Waals surface area (Å²) in [6.45, 7) is 2.41. The summed E-state index contributed by atoms with van der Waals surface area (Å²) in [5, 5.41) is 0. The number of hydrogen-bond acceptors (Lipinski definition) is 4. The average molecular weight is 456 g/mol. The molecule has 1 saturated heterocycles. The maximum absolute atomic E-state index is 13.0. The molecule has 33 heavy (non-hydrogen) atoms. The second-order valence-electron chi connectivity index (χ2n) is 8.28. The van der Waals surface area contributed by atoms with Crippen LogP contribution < -0.4 is 0 Å². The Bertz CT molecular complexity index is 1230. The Morgan fingerprint density at radius 3 is 1.55 bits per heavy atom. The van der Waals surface area contributed by atoms with Crippen LogP contribution >= 0.6 is 0 Å². The summed E-state index contributed by atoms with van der Waals surface area (Å²) in [5.41, 5.74) is 3.49. The molecule has 0 saturated carbocycles. The van der Waals surface area contributed by atoms with Crippen molar-refractivity contribution in [1.29, 1.82) is 0 Å². The third-order valence-corrected chi connectivity index (χ3v) is 7.44. The molecule has 0 radical (unpaired) electrons. The summed E-state index contributed by atoms with van der Waals surface area (Å²) in [6.07, 6.45) is -0.572. The van der Waals surface area contributed by atoms with Gasteiger partial charge in [-0.3, -0.25) is 4.90 Å². The van der Waals surface area contributed by atoms with Gasteiger partial charge in [-0.05, 0) is 35.7 Å². The first kappa shape index (κ1) is 21.6. The van der Waals surface area contributed by atoms with Crippen LogP contribution in [0.5, 0.6) is 0 Å². The Kier molecular flexibility index (Phi) is 5.62. The van der Waals surface area contributed by atoms with Crippen molar-refractivity contribution in [2.24, 2.45) is 0 Å². The number of rotatable bonds is 7. The van der Waals surface area contributed by atoms with Crippen LogP contribution in [0.3, 0.4) is 0 Å². The van der Waals surface area contributed by atoms with Gasteiger partial charge in [0.1, 0.15) is 6.23 Å². The van der Waals surface area contributed by atoms with Crippen LogP contribution in [0.15, 0.2) is 120 Å². The first-order chi connectivity index (χ1) is 16.0. The molecule has 166 valence electrons. The van der Waals surface area contributed by atoms with E-state index >= 15 is 0 Å². The van der Waals surface area contributed by atoms with E-state index in [4.69, 9.17) is 4.18 Å². The molecule has 0 amide bonds. The van der Waals surface area contributed by atoms with E-state index in [1.165, 1.54) is 0 Å². The zero-order valence-corrected chi connectivity index (χ0v) is 19.2. The van der Waals surface area contributed by atoms with Gasteiger partial charge in [0.05, 0.1) is 10.4 Å². The van der Waals surface area contributed by atoms with Gasteiger partial charge in [0.25, 0.3) is 10.1 Å². The fraction of sp³-hybridized carbons (Fsp3) is 0.143. The number of hydrogen-bond donors (Lipinski definition) is 0. The molecule has 0 aromatic heterocycles. The van der Waals surface area contributed by atoms with Crippen molar-refractivity contribution in [1.82, 2.24) is 4.90 Å². The Morgan fingerprint density at radius 1 is 0.697 bits per heavy atom. The van der Waals surface area contributed by atoms with Crippen molar-refractivity contribution >= 4 is 10.1 Å². The van der Waals surface area contributed by atoms with Crippen LogP contribution in [0.25, 0.3) is 0 Å². The van der Waals surface area contributed by atoms with Crippen molar-refractivity contribution in [3.05, 3.63) is 138 Å². The van der Waals surface area contributed by atoms with E-state index in [0.29, 0.717) is 6.54 Å².